The fourth-order valence-electron chi connectivity index (χ4n) is 2.93. The number of halogens is 3. The summed E-state index contributed by atoms with van der Waals surface area (Å²) >= 11 is 0. The number of carbonyl (C=O) groups is 1. The van der Waals surface area contributed by atoms with Crippen LogP contribution >= 0.6 is 0 Å². The molecule has 32 heavy (non-hydrogen) atoms. The highest BCUT2D eigenvalue weighted by atomic mass is 32.2. The first-order valence-electron chi connectivity index (χ1n) is 9.99. The Balaban J connectivity index is 2.06. The number of rotatable bonds is 9. The summed E-state index contributed by atoms with van der Waals surface area (Å²) in [5.74, 6) is -0.415. The number of nitrogens with zero attached hydrogens (tertiary/aromatic N) is 1. The third kappa shape index (κ3) is 7.99. The van der Waals surface area contributed by atoms with Crippen LogP contribution in [0.2, 0.25) is 0 Å². The normalized spacial score (nSPS) is 12.2. The van der Waals surface area contributed by atoms with E-state index in [2.05, 4.69) is 15.0 Å². The fraction of sp³-hybridized carbons (Fsp3) is 0.364. The number of sulfonamides is 1. The molecule has 174 valence electrons. The van der Waals surface area contributed by atoms with Crippen LogP contribution in [0.4, 0.5) is 18.9 Å². The summed E-state index contributed by atoms with van der Waals surface area (Å²) < 4.78 is 64.0. The molecule has 1 amide bonds. The quantitative estimate of drug-likeness (QED) is 0.531. The van der Waals surface area contributed by atoms with Gasteiger partial charge in [0.05, 0.1) is 11.9 Å². The Morgan fingerprint density at radius 3 is 2.50 bits per heavy atom. The summed E-state index contributed by atoms with van der Waals surface area (Å²) in [6.45, 7) is 3.88. The lowest BCUT2D eigenvalue weighted by Crippen LogP contribution is -2.20. The van der Waals surface area contributed by atoms with Crippen LogP contribution in [0.3, 0.4) is 0 Å². The predicted molar refractivity (Wildman–Crippen MR) is 118 cm³/mol. The van der Waals surface area contributed by atoms with E-state index in [-0.39, 0.29) is 6.54 Å². The Morgan fingerprint density at radius 1 is 1.19 bits per heavy atom. The van der Waals surface area contributed by atoms with Gasteiger partial charge in [-0.2, -0.15) is 13.2 Å². The molecule has 0 aliphatic rings. The number of anilines is 1. The van der Waals surface area contributed by atoms with Crippen LogP contribution in [-0.2, 0) is 34.0 Å². The highest BCUT2D eigenvalue weighted by molar-refractivity contribution is 7.92. The number of nitrogens with one attached hydrogen (secondary N) is 2. The number of carbonyl (C=O) groups excluding carboxylic acids is 1. The van der Waals surface area contributed by atoms with Gasteiger partial charge in [-0.25, -0.2) is 13.4 Å². The molecule has 2 rings (SSSR count). The SMILES string of the molecule is CCCCc1nc(C(F)(F)F)ccc1C=CC(=O)NCc1ccc(NS(C)(=O)=O)c(C)c1. The molecule has 0 spiro atoms. The molecule has 0 saturated heterocycles. The molecular formula is C22H26F3N3O3S. The zero-order valence-electron chi connectivity index (χ0n) is 18.1. The number of unbranched alkanes of at least 4 members (excludes halogenated alkanes) is 1. The number of aryl methyl sites for hydroxylation is 2. The molecule has 1 aromatic carbocycles. The molecule has 1 aromatic heterocycles. The van der Waals surface area contributed by atoms with E-state index in [0.29, 0.717) is 35.3 Å². The van der Waals surface area contributed by atoms with Crippen LogP contribution in [0, 0.1) is 6.92 Å². The van der Waals surface area contributed by atoms with E-state index >= 15 is 0 Å². The van der Waals surface area contributed by atoms with Gasteiger partial charge in [-0.3, -0.25) is 9.52 Å². The first-order chi connectivity index (χ1) is 14.9. The lowest BCUT2D eigenvalue weighted by molar-refractivity contribution is -0.141. The van der Waals surface area contributed by atoms with E-state index in [1.807, 2.05) is 6.92 Å². The van der Waals surface area contributed by atoms with Gasteiger partial charge in [0.1, 0.15) is 5.69 Å². The summed E-state index contributed by atoms with van der Waals surface area (Å²) in [5.41, 5.74) is 1.74. The minimum absolute atomic E-state index is 0.205. The van der Waals surface area contributed by atoms with Crippen LogP contribution in [0.1, 0.15) is 47.8 Å². The third-order valence-electron chi connectivity index (χ3n) is 4.53. The molecular weight excluding hydrogens is 443 g/mol. The zero-order valence-corrected chi connectivity index (χ0v) is 18.9. The number of benzene rings is 1. The van der Waals surface area contributed by atoms with Crippen molar-refractivity contribution in [1.82, 2.24) is 10.3 Å². The van der Waals surface area contributed by atoms with Crippen molar-refractivity contribution in [2.75, 3.05) is 11.0 Å². The average molecular weight is 470 g/mol. The van der Waals surface area contributed by atoms with Gasteiger partial charge in [0, 0.05) is 18.3 Å². The van der Waals surface area contributed by atoms with Crippen molar-refractivity contribution >= 4 is 27.7 Å². The van der Waals surface area contributed by atoms with Gasteiger partial charge in [0.2, 0.25) is 15.9 Å². The van der Waals surface area contributed by atoms with Gasteiger partial charge in [0.25, 0.3) is 0 Å². The van der Waals surface area contributed by atoms with Gasteiger partial charge in [-0.1, -0.05) is 31.5 Å². The standard InChI is InChI=1S/C22H26F3N3O3S/c1-4-5-6-19-17(8-11-20(27-19)22(23,24)25)9-12-21(29)26-14-16-7-10-18(15(2)13-16)28-32(3,30)31/h7-13,28H,4-6,14H2,1-3H3,(H,26,29). The van der Waals surface area contributed by atoms with E-state index in [1.54, 1.807) is 25.1 Å². The highest BCUT2D eigenvalue weighted by Crippen LogP contribution is 2.29. The summed E-state index contributed by atoms with van der Waals surface area (Å²) in [6, 6.07) is 7.28. The predicted octanol–water partition coefficient (Wildman–Crippen LogP) is 4.45. The maximum atomic E-state index is 13.0. The van der Waals surface area contributed by atoms with Crippen molar-refractivity contribution in [3.63, 3.8) is 0 Å². The zero-order chi connectivity index (χ0) is 23.9. The van der Waals surface area contributed by atoms with Crippen molar-refractivity contribution in [3.8, 4) is 0 Å². The summed E-state index contributed by atoms with van der Waals surface area (Å²) in [7, 11) is -3.39. The monoisotopic (exact) mass is 469 g/mol. The van der Waals surface area contributed by atoms with Crippen LogP contribution < -0.4 is 10.0 Å². The molecule has 0 aliphatic heterocycles. The van der Waals surface area contributed by atoms with Crippen LogP contribution in [-0.4, -0.2) is 25.6 Å². The second-order valence-electron chi connectivity index (χ2n) is 7.41. The fourth-order valence-corrected chi connectivity index (χ4v) is 3.56. The van der Waals surface area contributed by atoms with E-state index in [4.69, 9.17) is 0 Å². The molecule has 10 heteroatoms. The maximum Gasteiger partial charge on any atom is 0.433 e. The van der Waals surface area contributed by atoms with Gasteiger partial charge >= 0.3 is 6.18 Å². The largest absolute Gasteiger partial charge is 0.433 e. The van der Waals surface area contributed by atoms with E-state index in [1.165, 1.54) is 18.2 Å². The second kappa shape index (κ2) is 10.6. The Hall–Kier alpha value is -2.88. The molecule has 0 bridgehead atoms. The van der Waals surface area contributed by atoms with Gasteiger partial charge in [-0.15, -0.1) is 0 Å². The third-order valence-corrected chi connectivity index (χ3v) is 5.12. The Bertz CT molecular complexity index is 1100. The van der Waals surface area contributed by atoms with E-state index < -0.39 is 27.8 Å². The molecule has 6 nitrogen and oxygen atoms in total. The molecule has 0 saturated carbocycles. The minimum Gasteiger partial charge on any atom is -0.348 e. The lowest BCUT2D eigenvalue weighted by atomic mass is 10.1. The average Bonchev–Trinajstić information content (AvgIpc) is 2.69. The van der Waals surface area contributed by atoms with Crippen molar-refractivity contribution in [1.29, 1.82) is 0 Å². The number of amides is 1. The molecule has 0 fully saturated rings. The lowest BCUT2D eigenvalue weighted by Gasteiger charge is -2.11. The smallest absolute Gasteiger partial charge is 0.348 e. The van der Waals surface area contributed by atoms with E-state index in [9.17, 15) is 26.4 Å². The molecule has 2 aromatic rings. The van der Waals surface area contributed by atoms with Crippen LogP contribution in [0.15, 0.2) is 36.4 Å². The molecule has 0 radical (unpaired) electrons. The van der Waals surface area contributed by atoms with Crippen molar-refractivity contribution in [2.45, 2.75) is 45.8 Å². The van der Waals surface area contributed by atoms with E-state index in [0.717, 1.165) is 24.3 Å². The summed E-state index contributed by atoms with van der Waals surface area (Å²) in [5, 5.41) is 2.70. The van der Waals surface area contributed by atoms with Crippen LogP contribution in [0.25, 0.3) is 6.08 Å². The van der Waals surface area contributed by atoms with Gasteiger partial charge < -0.3 is 5.32 Å². The van der Waals surface area contributed by atoms with Gasteiger partial charge in [-0.05, 0) is 54.7 Å². The first kappa shape index (κ1) is 25.4. The molecule has 0 atom stereocenters. The number of hydrogen-bond donors (Lipinski definition) is 2. The second-order valence-corrected chi connectivity index (χ2v) is 9.16. The summed E-state index contributed by atoms with van der Waals surface area (Å²) in [6.07, 6.45) is 1.13. The number of aromatic nitrogens is 1. The van der Waals surface area contributed by atoms with Gasteiger partial charge in [0.15, 0.2) is 0 Å². The Labute approximate surface area is 186 Å². The number of hydrogen-bond acceptors (Lipinski definition) is 4. The Morgan fingerprint density at radius 2 is 1.91 bits per heavy atom. The minimum atomic E-state index is -4.52. The first-order valence-corrected chi connectivity index (χ1v) is 11.9. The molecule has 2 N–H and O–H groups in total. The molecule has 1 heterocycles. The van der Waals surface area contributed by atoms with Crippen LogP contribution in [0.5, 0.6) is 0 Å². The maximum absolute atomic E-state index is 13.0. The number of alkyl halides is 3. The summed E-state index contributed by atoms with van der Waals surface area (Å²) in [4.78, 5) is 15.9. The molecule has 0 aliphatic carbocycles. The molecule has 0 unspecified atom stereocenters. The van der Waals surface area contributed by atoms with Crippen molar-refractivity contribution in [3.05, 3.63) is 64.5 Å². The topological polar surface area (TPSA) is 88.2 Å². The number of pyridine rings is 1. The Kier molecular flexibility index (Phi) is 8.43. The van der Waals surface area contributed by atoms with Crippen molar-refractivity contribution < 1.29 is 26.4 Å². The highest BCUT2D eigenvalue weighted by Gasteiger charge is 2.32. The van der Waals surface area contributed by atoms with Crippen molar-refractivity contribution in [2.24, 2.45) is 0 Å².